The number of nitrogens with two attached hydrogens (primary N) is 1. The number of benzene rings is 1. The van der Waals surface area contributed by atoms with E-state index >= 15 is 0 Å². The van der Waals surface area contributed by atoms with E-state index < -0.39 is 0 Å². The van der Waals surface area contributed by atoms with Crippen LogP contribution in [0.25, 0.3) is 22.2 Å². The molecule has 0 aliphatic carbocycles. The predicted octanol–water partition coefficient (Wildman–Crippen LogP) is 2.60. The van der Waals surface area contributed by atoms with Crippen molar-refractivity contribution in [3.63, 3.8) is 0 Å². The van der Waals surface area contributed by atoms with Crippen molar-refractivity contribution in [2.45, 2.75) is 6.92 Å². The Morgan fingerprint density at radius 2 is 2.17 bits per heavy atom. The molecule has 0 saturated heterocycles. The Kier molecular flexibility index (Phi) is 2.16. The van der Waals surface area contributed by atoms with E-state index in [-0.39, 0.29) is 5.82 Å². The van der Waals surface area contributed by atoms with Crippen LogP contribution in [0.2, 0.25) is 0 Å². The second kappa shape index (κ2) is 3.60. The Morgan fingerprint density at radius 3 is 2.78 bits per heavy atom. The lowest BCUT2D eigenvalue weighted by Gasteiger charge is -1.97. The van der Waals surface area contributed by atoms with E-state index in [1.54, 1.807) is 16.9 Å². The number of rotatable bonds is 1. The fraction of sp³-hybridized carbons (Fsp3) is 0.154. The van der Waals surface area contributed by atoms with Crippen LogP contribution in [0.3, 0.4) is 0 Å². The van der Waals surface area contributed by atoms with Gasteiger partial charge in [0.05, 0.1) is 17.4 Å². The zero-order valence-corrected chi connectivity index (χ0v) is 10.2. The number of aromatic nitrogens is 3. The number of nitrogens with zero attached hydrogens (tertiary/aromatic N) is 2. The van der Waals surface area contributed by atoms with Crippen molar-refractivity contribution in [3.05, 3.63) is 35.9 Å². The molecular weight excluding hydrogens is 231 g/mol. The summed E-state index contributed by atoms with van der Waals surface area (Å²) in [4.78, 5) is 3.07. The Bertz CT molecular complexity index is 700. The molecule has 0 aliphatic rings. The number of aromatic amines is 1. The number of nitrogens with one attached hydrogen (secondary N) is 1. The molecule has 5 heteroatoms. The van der Waals surface area contributed by atoms with E-state index in [0.717, 1.165) is 17.0 Å². The molecule has 4 nitrogen and oxygen atoms in total. The number of hydrogen-bond donors (Lipinski definition) is 2. The van der Waals surface area contributed by atoms with Crippen LogP contribution < -0.4 is 5.73 Å². The standard InChI is InChI=1S/C13H13FN4/c1-7-9(6-16-18(7)2)12-5-8-11(15)4-3-10(14)13(8)17-12/h3-6,17H,15H2,1-2H3. The minimum atomic E-state index is -0.299. The lowest BCUT2D eigenvalue weighted by Crippen LogP contribution is -1.92. The summed E-state index contributed by atoms with van der Waals surface area (Å²) < 4.78 is 15.5. The maximum absolute atomic E-state index is 13.7. The molecule has 92 valence electrons. The molecule has 1 aromatic carbocycles. The van der Waals surface area contributed by atoms with Gasteiger partial charge in [0.25, 0.3) is 0 Å². The van der Waals surface area contributed by atoms with Crippen molar-refractivity contribution >= 4 is 16.6 Å². The Morgan fingerprint density at radius 1 is 1.39 bits per heavy atom. The fourth-order valence-corrected chi connectivity index (χ4v) is 2.11. The van der Waals surface area contributed by atoms with E-state index in [0.29, 0.717) is 16.6 Å². The normalized spacial score (nSPS) is 11.3. The summed E-state index contributed by atoms with van der Waals surface area (Å²) in [5, 5.41) is 4.88. The lowest BCUT2D eigenvalue weighted by molar-refractivity contribution is 0.637. The number of anilines is 1. The van der Waals surface area contributed by atoms with Crippen LogP contribution in [0.5, 0.6) is 0 Å². The average Bonchev–Trinajstić information content (AvgIpc) is 2.91. The van der Waals surface area contributed by atoms with Crippen LogP contribution in [-0.2, 0) is 7.05 Å². The number of nitrogen functional groups attached to an aromatic ring is 1. The van der Waals surface area contributed by atoms with Crippen molar-refractivity contribution in [2.75, 3.05) is 5.73 Å². The highest BCUT2D eigenvalue weighted by Gasteiger charge is 2.12. The van der Waals surface area contributed by atoms with Crippen LogP contribution in [0.4, 0.5) is 10.1 Å². The zero-order chi connectivity index (χ0) is 12.9. The van der Waals surface area contributed by atoms with Crippen LogP contribution in [0.1, 0.15) is 5.69 Å². The van der Waals surface area contributed by atoms with E-state index in [2.05, 4.69) is 10.1 Å². The van der Waals surface area contributed by atoms with Crippen LogP contribution in [0, 0.1) is 12.7 Å². The monoisotopic (exact) mass is 244 g/mol. The zero-order valence-electron chi connectivity index (χ0n) is 10.2. The van der Waals surface area contributed by atoms with Crippen molar-refractivity contribution < 1.29 is 4.39 Å². The van der Waals surface area contributed by atoms with Gasteiger partial charge in [-0.1, -0.05) is 0 Å². The highest BCUT2D eigenvalue weighted by Crippen LogP contribution is 2.30. The summed E-state index contributed by atoms with van der Waals surface area (Å²) in [6.45, 7) is 1.97. The average molecular weight is 244 g/mol. The molecule has 0 fully saturated rings. The Balaban J connectivity index is 2.29. The third kappa shape index (κ3) is 1.40. The highest BCUT2D eigenvalue weighted by molar-refractivity contribution is 5.95. The van der Waals surface area contributed by atoms with Crippen molar-refractivity contribution in [1.82, 2.24) is 14.8 Å². The lowest BCUT2D eigenvalue weighted by atomic mass is 10.1. The van der Waals surface area contributed by atoms with Crippen LogP contribution >= 0.6 is 0 Å². The number of fused-ring (bicyclic) bond motifs is 1. The molecule has 2 heterocycles. The first-order valence-electron chi connectivity index (χ1n) is 5.63. The number of aryl methyl sites for hydroxylation is 1. The molecule has 3 aromatic rings. The minimum absolute atomic E-state index is 0.299. The summed E-state index contributed by atoms with van der Waals surface area (Å²) in [6.07, 6.45) is 1.76. The van der Waals surface area contributed by atoms with Gasteiger partial charge in [-0.05, 0) is 25.1 Å². The van der Waals surface area contributed by atoms with Crippen LogP contribution in [0.15, 0.2) is 24.4 Å². The quantitative estimate of drug-likeness (QED) is 0.646. The minimum Gasteiger partial charge on any atom is -0.398 e. The van der Waals surface area contributed by atoms with Gasteiger partial charge >= 0.3 is 0 Å². The van der Waals surface area contributed by atoms with Gasteiger partial charge in [0.2, 0.25) is 0 Å². The molecule has 2 aromatic heterocycles. The number of halogens is 1. The highest BCUT2D eigenvalue weighted by atomic mass is 19.1. The predicted molar refractivity (Wildman–Crippen MR) is 69.6 cm³/mol. The van der Waals surface area contributed by atoms with Crippen molar-refractivity contribution in [3.8, 4) is 11.3 Å². The molecular formula is C13H13FN4. The molecule has 3 rings (SSSR count). The molecule has 18 heavy (non-hydrogen) atoms. The van der Waals surface area contributed by atoms with Gasteiger partial charge in [-0.2, -0.15) is 5.10 Å². The summed E-state index contributed by atoms with van der Waals surface area (Å²) in [7, 11) is 1.87. The first-order valence-corrected chi connectivity index (χ1v) is 5.63. The van der Waals surface area contributed by atoms with Gasteiger partial charge in [0.1, 0.15) is 5.82 Å². The van der Waals surface area contributed by atoms with Gasteiger partial charge in [-0.3, -0.25) is 4.68 Å². The first kappa shape index (κ1) is 10.8. The van der Waals surface area contributed by atoms with Gasteiger partial charge in [-0.25, -0.2) is 4.39 Å². The maximum atomic E-state index is 13.7. The Labute approximate surface area is 103 Å². The van der Waals surface area contributed by atoms with Gasteiger partial charge in [0, 0.05) is 29.4 Å². The fourth-order valence-electron chi connectivity index (χ4n) is 2.11. The Hall–Kier alpha value is -2.30. The molecule has 0 radical (unpaired) electrons. The second-order valence-corrected chi connectivity index (χ2v) is 4.38. The van der Waals surface area contributed by atoms with E-state index in [1.807, 2.05) is 20.0 Å². The summed E-state index contributed by atoms with van der Waals surface area (Å²) in [6, 6.07) is 4.80. The van der Waals surface area contributed by atoms with Crippen molar-refractivity contribution in [1.29, 1.82) is 0 Å². The van der Waals surface area contributed by atoms with Gasteiger partial charge in [-0.15, -0.1) is 0 Å². The van der Waals surface area contributed by atoms with Crippen molar-refractivity contribution in [2.24, 2.45) is 7.05 Å². The second-order valence-electron chi connectivity index (χ2n) is 4.38. The molecule has 0 amide bonds. The molecule has 0 saturated carbocycles. The SMILES string of the molecule is Cc1c(-c2cc3c(N)ccc(F)c3[nH]2)cnn1C. The number of hydrogen-bond acceptors (Lipinski definition) is 2. The van der Waals surface area contributed by atoms with E-state index in [4.69, 9.17) is 5.73 Å². The summed E-state index contributed by atoms with van der Waals surface area (Å²) in [5.41, 5.74) is 9.65. The molecule has 0 bridgehead atoms. The van der Waals surface area contributed by atoms with Gasteiger partial charge in [0.15, 0.2) is 0 Å². The third-order valence-corrected chi connectivity index (χ3v) is 3.30. The van der Waals surface area contributed by atoms with Gasteiger partial charge < -0.3 is 10.7 Å². The molecule has 0 spiro atoms. The van der Waals surface area contributed by atoms with E-state index in [1.165, 1.54) is 6.07 Å². The maximum Gasteiger partial charge on any atom is 0.147 e. The molecule has 3 N–H and O–H groups in total. The summed E-state index contributed by atoms with van der Waals surface area (Å²) in [5.74, 6) is -0.299. The molecule has 0 aliphatic heterocycles. The van der Waals surface area contributed by atoms with Crippen LogP contribution in [-0.4, -0.2) is 14.8 Å². The summed E-state index contributed by atoms with van der Waals surface area (Å²) >= 11 is 0. The topological polar surface area (TPSA) is 59.6 Å². The smallest absolute Gasteiger partial charge is 0.147 e. The molecule has 0 unspecified atom stereocenters. The first-order chi connectivity index (χ1) is 8.58. The largest absolute Gasteiger partial charge is 0.398 e. The third-order valence-electron chi connectivity index (χ3n) is 3.30. The van der Waals surface area contributed by atoms with E-state index in [9.17, 15) is 4.39 Å². The number of H-pyrrole nitrogens is 1. The molecule has 0 atom stereocenters.